The van der Waals surface area contributed by atoms with Crippen molar-refractivity contribution in [3.8, 4) is 11.5 Å². The number of hydrogen-bond acceptors (Lipinski definition) is 5. The first-order valence-electron chi connectivity index (χ1n) is 9.65. The fourth-order valence-corrected chi connectivity index (χ4v) is 4.20. The summed E-state index contributed by atoms with van der Waals surface area (Å²) >= 11 is 1.40. The molecule has 1 fully saturated rings. The summed E-state index contributed by atoms with van der Waals surface area (Å²) in [5.41, 5.74) is 3.99. The zero-order chi connectivity index (χ0) is 21.0. The lowest BCUT2D eigenvalue weighted by molar-refractivity contribution is -0.122. The van der Waals surface area contributed by atoms with Gasteiger partial charge in [0.1, 0.15) is 0 Å². The van der Waals surface area contributed by atoms with Crippen LogP contribution in [0.4, 0.5) is 5.69 Å². The first-order chi connectivity index (χ1) is 14.0. The predicted octanol–water partition coefficient (Wildman–Crippen LogP) is 5.33. The molecule has 0 radical (unpaired) electrons. The quantitative estimate of drug-likeness (QED) is 0.604. The summed E-state index contributed by atoms with van der Waals surface area (Å²) in [6.45, 7) is 9.07. The lowest BCUT2D eigenvalue weighted by atomic mass is 10.1. The van der Waals surface area contributed by atoms with Gasteiger partial charge in [-0.25, -0.2) is 4.99 Å². The number of benzene rings is 2. The van der Waals surface area contributed by atoms with E-state index in [4.69, 9.17) is 14.5 Å². The average Bonchev–Trinajstić information content (AvgIpc) is 2.99. The van der Waals surface area contributed by atoms with Crippen LogP contribution in [0.25, 0.3) is 6.08 Å². The van der Waals surface area contributed by atoms with Crippen LogP contribution in [0.15, 0.2) is 46.3 Å². The van der Waals surface area contributed by atoms with E-state index in [0.29, 0.717) is 34.7 Å². The number of aryl methyl sites for hydroxylation is 2. The Morgan fingerprint density at radius 2 is 1.83 bits per heavy atom. The number of amidine groups is 1. The number of para-hydroxylation sites is 1. The number of hydrogen-bond donors (Lipinski definition) is 0. The Morgan fingerprint density at radius 3 is 2.45 bits per heavy atom. The number of rotatable bonds is 6. The number of thioether (sulfide) groups is 1. The minimum atomic E-state index is -0.0312. The van der Waals surface area contributed by atoms with E-state index in [0.717, 1.165) is 22.4 Å². The second-order valence-electron chi connectivity index (χ2n) is 6.64. The van der Waals surface area contributed by atoms with Crippen LogP contribution in [0.3, 0.4) is 0 Å². The Labute approximate surface area is 176 Å². The number of carbonyl (C=O) groups excluding carboxylic acids is 1. The standard InChI is InChI=1S/C23H26N2O3S/c1-6-25-22(26)20(14-17-11-12-18(27-5)19(13-17)28-7-2)29-23(25)24-21-15(3)9-8-10-16(21)4/h8-14H,6-7H2,1-5H3/b20-14+,24-23?. The summed E-state index contributed by atoms with van der Waals surface area (Å²) < 4.78 is 11.0. The molecule has 0 atom stereocenters. The van der Waals surface area contributed by atoms with Crippen molar-refractivity contribution in [3.05, 3.63) is 58.0 Å². The molecule has 2 aromatic rings. The average molecular weight is 411 g/mol. The van der Waals surface area contributed by atoms with E-state index < -0.39 is 0 Å². The largest absolute Gasteiger partial charge is 0.493 e. The number of carbonyl (C=O) groups is 1. The van der Waals surface area contributed by atoms with Gasteiger partial charge in [-0.3, -0.25) is 9.69 Å². The molecule has 29 heavy (non-hydrogen) atoms. The molecule has 0 N–H and O–H groups in total. The van der Waals surface area contributed by atoms with Crippen molar-refractivity contribution >= 4 is 34.6 Å². The first-order valence-corrected chi connectivity index (χ1v) is 10.5. The first kappa shape index (κ1) is 21.0. The third-order valence-electron chi connectivity index (χ3n) is 4.64. The lowest BCUT2D eigenvalue weighted by Gasteiger charge is -2.13. The molecule has 0 bridgehead atoms. The Morgan fingerprint density at radius 1 is 1.10 bits per heavy atom. The molecule has 1 aliphatic heterocycles. The van der Waals surface area contributed by atoms with Gasteiger partial charge in [0.2, 0.25) is 0 Å². The summed E-state index contributed by atoms with van der Waals surface area (Å²) in [4.78, 5) is 20.1. The van der Waals surface area contributed by atoms with Crippen LogP contribution in [-0.4, -0.2) is 36.2 Å². The van der Waals surface area contributed by atoms with Crippen LogP contribution in [-0.2, 0) is 4.79 Å². The normalized spacial score (nSPS) is 16.7. The molecule has 6 heteroatoms. The van der Waals surface area contributed by atoms with Gasteiger partial charge in [-0.05, 0) is 74.4 Å². The van der Waals surface area contributed by atoms with Crippen LogP contribution >= 0.6 is 11.8 Å². The minimum Gasteiger partial charge on any atom is -0.493 e. The van der Waals surface area contributed by atoms with Crippen LogP contribution in [0.2, 0.25) is 0 Å². The Hall–Kier alpha value is -2.73. The van der Waals surface area contributed by atoms with Crippen molar-refractivity contribution in [1.29, 1.82) is 0 Å². The minimum absolute atomic E-state index is 0.0312. The second kappa shape index (κ2) is 9.18. The highest BCUT2D eigenvalue weighted by atomic mass is 32.2. The summed E-state index contributed by atoms with van der Waals surface area (Å²) in [5.74, 6) is 1.31. The van der Waals surface area contributed by atoms with Crippen molar-refractivity contribution in [3.63, 3.8) is 0 Å². The highest BCUT2D eigenvalue weighted by Crippen LogP contribution is 2.36. The number of nitrogens with zero attached hydrogens (tertiary/aromatic N) is 2. The van der Waals surface area contributed by atoms with Gasteiger partial charge in [-0.1, -0.05) is 24.3 Å². The highest BCUT2D eigenvalue weighted by Gasteiger charge is 2.32. The molecule has 0 saturated carbocycles. The fourth-order valence-electron chi connectivity index (χ4n) is 3.15. The highest BCUT2D eigenvalue weighted by molar-refractivity contribution is 8.18. The van der Waals surface area contributed by atoms with Crippen LogP contribution in [0.1, 0.15) is 30.5 Å². The Bertz CT molecular complexity index is 962. The molecule has 3 rings (SSSR count). The van der Waals surface area contributed by atoms with E-state index in [9.17, 15) is 4.79 Å². The Balaban J connectivity index is 1.97. The van der Waals surface area contributed by atoms with Gasteiger partial charge in [0.05, 0.1) is 24.3 Å². The molecule has 5 nitrogen and oxygen atoms in total. The monoisotopic (exact) mass is 410 g/mol. The molecule has 2 aromatic carbocycles. The molecule has 0 aromatic heterocycles. The molecule has 1 amide bonds. The van der Waals surface area contributed by atoms with Crippen LogP contribution < -0.4 is 9.47 Å². The Kier molecular flexibility index (Phi) is 6.64. The third-order valence-corrected chi connectivity index (χ3v) is 5.64. The van der Waals surface area contributed by atoms with Gasteiger partial charge in [0, 0.05) is 6.54 Å². The topological polar surface area (TPSA) is 51.1 Å². The number of amides is 1. The van der Waals surface area contributed by atoms with Crippen molar-refractivity contribution < 1.29 is 14.3 Å². The predicted molar refractivity (Wildman–Crippen MR) is 120 cm³/mol. The lowest BCUT2D eigenvalue weighted by Crippen LogP contribution is -2.28. The zero-order valence-electron chi connectivity index (χ0n) is 17.5. The van der Waals surface area contributed by atoms with E-state index >= 15 is 0 Å². The van der Waals surface area contributed by atoms with Crippen molar-refractivity contribution in [2.24, 2.45) is 4.99 Å². The van der Waals surface area contributed by atoms with E-state index in [-0.39, 0.29) is 5.91 Å². The van der Waals surface area contributed by atoms with Gasteiger partial charge < -0.3 is 9.47 Å². The SMILES string of the molecule is CCOc1cc(/C=C2/SC(=Nc3c(C)cccc3C)N(CC)C2=O)ccc1OC. The van der Waals surface area contributed by atoms with Gasteiger partial charge in [0.25, 0.3) is 5.91 Å². The van der Waals surface area contributed by atoms with Crippen molar-refractivity contribution in [2.45, 2.75) is 27.7 Å². The van der Waals surface area contributed by atoms with Crippen molar-refractivity contribution in [1.82, 2.24) is 4.90 Å². The summed E-state index contributed by atoms with van der Waals surface area (Å²) in [6, 6.07) is 11.7. The van der Waals surface area contributed by atoms with Gasteiger partial charge in [-0.2, -0.15) is 0 Å². The maximum absolute atomic E-state index is 12.9. The molecule has 1 heterocycles. The van der Waals surface area contributed by atoms with Crippen LogP contribution in [0.5, 0.6) is 11.5 Å². The summed E-state index contributed by atoms with van der Waals surface area (Å²) in [5, 5.41) is 0.708. The van der Waals surface area contributed by atoms with E-state index in [1.807, 2.05) is 70.2 Å². The number of ether oxygens (including phenoxy) is 2. The van der Waals surface area contributed by atoms with E-state index in [1.165, 1.54) is 11.8 Å². The molecule has 152 valence electrons. The van der Waals surface area contributed by atoms with Gasteiger partial charge >= 0.3 is 0 Å². The molecular formula is C23H26N2O3S. The molecule has 0 unspecified atom stereocenters. The molecule has 0 aliphatic carbocycles. The van der Waals surface area contributed by atoms with Gasteiger partial charge in [-0.15, -0.1) is 0 Å². The van der Waals surface area contributed by atoms with Crippen molar-refractivity contribution in [2.75, 3.05) is 20.3 Å². The summed E-state index contributed by atoms with van der Waals surface area (Å²) in [6.07, 6.45) is 1.88. The number of methoxy groups -OCH3 is 1. The van der Waals surface area contributed by atoms with E-state index in [1.54, 1.807) is 12.0 Å². The van der Waals surface area contributed by atoms with E-state index in [2.05, 4.69) is 0 Å². The molecule has 1 aliphatic rings. The zero-order valence-corrected chi connectivity index (χ0v) is 18.3. The summed E-state index contributed by atoms with van der Waals surface area (Å²) in [7, 11) is 1.61. The maximum atomic E-state index is 12.9. The molecule has 0 spiro atoms. The maximum Gasteiger partial charge on any atom is 0.266 e. The van der Waals surface area contributed by atoms with Crippen LogP contribution in [0, 0.1) is 13.8 Å². The third kappa shape index (κ3) is 4.48. The number of aliphatic imine (C=N–C) groups is 1. The second-order valence-corrected chi connectivity index (χ2v) is 7.65. The molecule has 1 saturated heterocycles. The smallest absolute Gasteiger partial charge is 0.266 e. The molecular weight excluding hydrogens is 384 g/mol. The van der Waals surface area contributed by atoms with Gasteiger partial charge in [0.15, 0.2) is 16.7 Å². The number of likely N-dealkylation sites (N-methyl/N-ethyl adjacent to an activating group) is 1. The fraction of sp³-hybridized carbons (Fsp3) is 0.304.